The summed E-state index contributed by atoms with van der Waals surface area (Å²) in [6, 6.07) is 10.6. The van der Waals surface area contributed by atoms with Crippen LogP contribution in [0.1, 0.15) is 11.1 Å². The Hall–Kier alpha value is -2.80. The number of rotatable bonds is 5. The van der Waals surface area contributed by atoms with Crippen LogP contribution in [0.5, 0.6) is 17.2 Å². The molecule has 0 bridgehead atoms. The minimum atomic E-state index is -0.531. The number of esters is 1. The Morgan fingerprint density at radius 3 is 2.38 bits per heavy atom. The van der Waals surface area contributed by atoms with Crippen molar-refractivity contribution in [2.24, 2.45) is 4.99 Å². The van der Waals surface area contributed by atoms with Gasteiger partial charge in [-0.15, -0.1) is 0 Å². The molecule has 0 N–H and O–H groups in total. The second-order valence-electron chi connectivity index (χ2n) is 5.29. The maximum Gasteiger partial charge on any atom is 0.363 e. The molecule has 134 valence electrons. The summed E-state index contributed by atoms with van der Waals surface area (Å²) in [6.45, 7) is 0. The van der Waals surface area contributed by atoms with Gasteiger partial charge in [-0.2, -0.15) is 0 Å². The van der Waals surface area contributed by atoms with Crippen LogP contribution in [0.3, 0.4) is 0 Å². The van der Waals surface area contributed by atoms with E-state index in [-0.39, 0.29) is 11.6 Å². The Balaban J connectivity index is 1.98. The first-order chi connectivity index (χ1) is 12.5. The van der Waals surface area contributed by atoms with Crippen LogP contribution in [0.2, 0.25) is 0 Å². The van der Waals surface area contributed by atoms with Gasteiger partial charge in [-0.3, -0.25) is 0 Å². The lowest BCUT2D eigenvalue weighted by Crippen LogP contribution is -2.05. The number of halogens is 1. The molecule has 0 aromatic heterocycles. The molecule has 26 heavy (non-hydrogen) atoms. The third kappa shape index (κ3) is 3.57. The summed E-state index contributed by atoms with van der Waals surface area (Å²) in [4.78, 5) is 16.5. The predicted octanol–water partition coefficient (Wildman–Crippen LogP) is 3.82. The molecule has 2 aromatic carbocycles. The number of cyclic esters (lactones) is 1. The molecule has 3 rings (SSSR count). The SMILES string of the molecule is COc1ccc(OC)c(/C=C2/N=C(c3ccc(OC)c(Br)c3)OC2=O)c1. The van der Waals surface area contributed by atoms with Crippen LogP contribution < -0.4 is 14.2 Å². The molecule has 0 aliphatic carbocycles. The molecule has 0 unspecified atom stereocenters. The molecule has 0 fully saturated rings. The van der Waals surface area contributed by atoms with Crippen LogP contribution in [-0.2, 0) is 9.53 Å². The summed E-state index contributed by atoms with van der Waals surface area (Å²) in [5.41, 5.74) is 1.50. The van der Waals surface area contributed by atoms with Crippen molar-refractivity contribution < 1.29 is 23.7 Å². The topological polar surface area (TPSA) is 66.3 Å². The van der Waals surface area contributed by atoms with E-state index in [1.165, 1.54) is 0 Å². The van der Waals surface area contributed by atoms with Crippen molar-refractivity contribution >= 4 is 33.9 Å². The number of benzene rings is 2. The van der Waals surface area contributed by atoms with Crippen molar-refractivity contribution in [1.82, 2.24) is 0 Å². The number of hydrogen-bond acceptors (Lipinski definition) is 6. The first kappa shape index (κ1) is 18.0. The maximum absolute atomic E-state index is 12.2. The van der Waals surface area contributed by atoms with Crippen molar-refractivity contribution in [3.63, 3.8) is 0 Å². The van der Waals surface area contributed by atoms with Crippen LogP contribution in [0.4, 0.5) is 0 Å². The number of carbonyl (C=O) groups is 1. The highest BCUT2D eigenvalue weighted by atomic mass is 79.9. The van der Waals surface area contributed by atoms with E-state index in [4.69, 9.17) is 18.9 Å². The minimum absolute atomic E-state index is 0.179. The lowest BCUT2D eigenvalue weighted by atomic mass is 10.1. The fourth-order valence-electron chi connectivity index (χ4n) is 2.43. The van der Waals surface area contributed by atoms with Gasteiger partial charge in [-0.1, -0.05) is 0 Å². The fraction of sp³-hybridized carbons (Fsp3) is 0.158. The van der Waals surface area contributed by atoms with Gasteiger partial charge in [0.15, 0.2) is 5.70 Å². The predicted molar refractivity (Wildman–Crippen MR) is 101 cm³/mol. The summed E-state index contributed by atoms with van der Waals surface area (Å²) < 4.78 is 21.8. The zero-order valence-corrected chi connectivity index (χ0v) is 16.0. The smallest absolute Gasteiger partial charge is 0.363 e. The number of nitrogens with zero attached hydrogens (tertiary/aromatic N) is 1. The average Bonchev–Trinajstić information content (AvgIpc) is 3.02. The quantitative estimate of drug-likeness (QED) is 0.546. The van der Waals surface area contributed by atoms with Gasteiger partial charge >= 0.3 is 5.97 Å². The largest absolute Gasteiger partial charge is 0.497 e. The molecule has 1 aliphatic rings. The summed E-state index contributed by atoms with van der Waals surface area (Å²) in [6.07, 6.45) is 1.61. The van der Waals surface area contributed by atoms with Gasteiger partial charge in [0.2, 0.25) is 5.90 Å². The van der Waals surface area contributed by atoms with E-state index in [9.17, 15) is 4.79 Å². The summed E-state index contributed by atoms with van der Waals surface area (Å²) in [5.74, 6) is 1.62. The van der Waals surface area contributed by atoms with Crippen LogP contribution in [0.25, 0.3) is 6.08 Å². The van der Waals surface area contributed by atoms with E-state index in [2.05, 4.69) is 20.9 Å². The number of ether oxygens (including phenoxy) is 4. The van der Waals surface area contributed by atoms with Gasteiger partial charge in [0.1, 0.15) is 17.2 Å². The van der Waals surface area contributed by atoms with E-state index in [1.54, 1.807) is 63.8 Å². The second kappa shape index (κ2) is 7.61. The number of hydrogen-bond donors (Lipinski definition) is 0. The van der Waals surface area contributed by atoms with Crippen molar-refractivity contribution in [3.05, 3.63) is 57.7 Å². The average molecular weight is 418 g/mol. The van der Waals surface area contributed by atoms with E-state index >= 15 is 0 Å². The zero-order valence-electron chi connectivity index (χ0n) is 14.4. The Morgan fingerprint density at radius 1 is 1.00 bits per heavy atom. The maximum atomic E-state index is 12.2. The molecule has 0 atom stereocenters. The summed E-state index contributed by atoms with van der Waals surface area (Å²) in [7, 11) is 4.70. The van der Waals surface area contributed by atoms with Gasteiger partial charge in [0.25, 0.3) is 0 Å². The third-order valence-electron chi connectivity index (χ3n) is 3.75. The second-order valence-corrected chi connectivity index (χ2v) is 6.15. The van der Waals surface area contributed by atoms with Crippen molar-refractivity contribution in [1.29, 1.82) is 0 Å². The molecule has 0 radical (unpaired) electrons. The van der Waals surface area contributed by atoms with Gasteiger partial charge in [-0.25, -0.2) is 9.79 Å². The van der Waals surface area contributed by atoms with Gasteiger partial charge < -0.3 is 18.9 Å². The number of aliphatic imine (C=N–C) groups is 1. The minimum Gasteiger partial charge on any atom is -0.497 e. The molecule has 0 saturated heterocycles. The lowest BCUT2D eigenvalue weighted by molar-refractivity contribution is -0.129. The third-order valence-corrected chi connectivity index (χ3v) is 4.37. The molecule has 2 aromatic rings. The van der Waals surface area contributed by atoms with Gasteiger partial charge in [-0.05, 0) is 58.4 Å². The first-order valence-electron chi connectivity index (χ1n) is 7.64. The monoisotopic (exact) mass is 417 g/mol. The number of carbonyl (C=O) groups excluding carboxylic acids is 1. The van der Waals surface area contributed by atoms with E-state index in [0.29, 0.717) is 28.4 Å². The Morgan fingerprint density at radius 2 is 1.73 bits per heavy atom. The van der Waals surface area contributed by atoms with E-state index < -0.39 is 5.97 Å². The normalized spacial score (nSPS) is 14.8. The molecular weight excluding hydrogens is 402 g/mol. The molecule has 0 amide bonds. The van der Waals surface area contributed by atoms with Crippen LogP contribution in [0, 0.1) is 0 Å². The molecule has 6 nitrogen and oxygen atoms in total. The first-order valence-corrected chi connectivity index (χ1v) is 8.43. The van der Waals surface area contributed by atoms with Gasteiger partial charge in [0.05, 0.1) is 25.8 Å². The van der Waals surface area contributed by atoms with Gasteiger partial charge in [0, 0.05) is 11.1 Å². The lowest BCUT2D eigenvalue weighted by Gasteiger charge is -2.07. The molecular formula is C19H16BrNO5. The van der Waals surface area contributed by atoms with Crippen LogP contribution in [0.15, 0.2) is 51.6 Å². The van der Waals surface area contributed by atoms with Crippen molar-refractivity contribution in [2.75, 3.05) is 21.3 Å². The van der Waals surface area contributed by atoms with Crippen LogP contribution in [-0.4, -0.2) is 33.2 Å². The van der Waals surface area contributed by atoms with Crippen molar-refractivity contribution in [2.45, 2.75) is 0 Å². The molecule has 0 saturated carbocycles. The molecule has 0 spiro atoms. The highest BCUT2D eigenvalue weighted by molar-refractivity contribution is 9.10. The Labute approximate surface area is 159 Å². The summed E-state index contributed by atoms with van der Waals surface area (Å²) >= 11 is 3.41. The van der Waals surface area contributed by atoms with Crippen molar-refractivity contribution in [3.8, 4) is 17.2 Å². The molecule has 1 heterocycles. The zero-order chi connectivity index (χ0) is 18.7. The highest BCUT2D eigenvalue weighted by Gasteiger charge is 2.25. The summed E-state index contributed by atoms with van der Waals surface area (Å²) in [5, 5.41) is 0. The standard InChI is InChI=1S/C19H16BrNO5/c1-23-13-5-7-16(24-2)12(8-13)10-15-19(22)26-18(21-15)11-4-6-17(25-3)14(20)9-11/h4-10H,1-3H3/b15-10+. The van der Waals surface area contributed by atoms with E-state index in [0.717, 1.165) is 4.47 Å². The Bertz CT molecular complexity index is 920. The highest BCUT2D eigenvalue weighted by Crippen LogP contribution is 2.30. The Kier molecular flexibility index (Phi) is 5.27. The van der Waals surface area contributed by atoms with E-state index in [1.807, 2.05) is 0 Å². The molecule has 7 heteroatoms. The van der Waals surface area contributed by atoms with Crippen LogP contribution >= 0.6 is 15.9 Å². The molecule has 1 aliphatic heterocycles. The fourth-order valence-corrected chi connectivity index (χ4v) is 2.97. The number of methoxy groups -OCH3 is 3.